The van der Waals surface area contributed by atoms with Crippen LogP contribution in [0, 0.1) is 43.3 Å². The third-order valence-corrected chi connectivity index (χ3v) is 14.0. The fraction of sp³-hybridized carbons (Fsp3) is 0.935. The van der Waals surface area contributed by atoms with Gasteiger partial charge >= 0.3 is 0 Å². The summed E-state index contributed by atoms with van der Waals surface area (Å²) in [5.41, 5.74) is 2.40. The summed E-state index contributed by atoms with van der Waals surface area (Å²) < 4.78 is 0. The summed E-state index contributed by atoms with van der Waals surface area (Å²) in [7, 11) is 1.00. The number of hydrogen-bond donors (Lipinski definition) is 10. The van der Waals surface area contributed by atoms with Gasteiger partial charge in [0.25, 0.3) is 0 Å². The predicted molar refractivity (Wildman–Crippen MR) is 406 cm³/mol. The molecule has 0 aromatic carbocycles. The highest BCUT2D eigenvalue weighted by Crippen LogP contribution is 2.25. The average molecular weight is 1350 g/mol. The number of piperidine rings is 1. The minimum Gasteiger partial charge on any atom is -0.400 e. The highest BCUT2D eigenvalue weighted by Gasteiger charge is 2.29. The number of nitrogens with zero attached hydrogens (tertiary/aromatic N) is 2. The molecule has 2 aliphatic heterocycles. The molecule has 2 saturated heterocycles. The average Bonchev–Trinajstić information content (AvgIpc) is 0.943. The molecular weight excluding hydrogens is 1180 g/mol. The zero-order chi connectivity index (χ0) is 75.7. The Morgan fingerprint density at radius 2 is 0.809 bits per heavy atom. The monoisotopic (exact) mass is 1350 g/mol. The van der Waals surface area contributed by atoms with Crippen LogP contribution in [0.3, 0.4) is 0 Å². The van der Waals surface area contributed by atoms with Crippen molar-refractivity contribution in [2.75, 3.05) is 105 Å². The van der Waals surface area contributed by atoms with E-state index in [0.29, 0.717) is 39.3 Å². The van der Waals surface area contributed by atoms with Crippen LogP contribution in [-0.4, -0.2) is 201 Å². The van der Waals surface area contributed by atoms with Gasteiger partial charge in [0.1, 0.15) is 28.9 Å². The van der Waals surface area contributed by atoms with E-state index in [4.69, 9.17) is 20.4 Å². The van der Waals surface area contributed by atoms with Crippen LogP contribution >= 0.6 is 0 Å². The van der Waals surface area contributed by atoms with Crippen molar-refractivity contribution in [3.63, 3.8) is 0 Å². The van der Waals surface area contributed by atoms with Crippen molar-refractivity contribution in [2.45, 2.75) is 323 Å². The summed E-state index contributed by atoms with van der Waals surface area (Å²) in [5.74, 6) is 0.805. The van der Waals surface area contributed by atoms with Crippen LogP contribution in [0.25, 0.3) is 0 Å². The van der Waals surface area contributed by atoms with Gasteiger partial charge < -0.3 is 62.0 Å². The number of rotatable bonds is 26. The van der Waals surface area contributed by atoms with E-state index in [2.05, 4.69) is 229 Å². The Kier molecular flexibility index (Phi) is 62.3. The van der Waals surface area contributed by atoms with Crippen LogP contribution in [0.2, 0.25) is 0 Å². The van der Waals surface area contributed by atoms with E-state index in [9.17, 15) is 24.0 Å². The molecule has 0 saturated carbocycles. The lowest BCUT2D eigenvalue weighted by molar-refractivity contribution is -0.124. The van der Waals surface area contributed by atoms with Crippen LogP contribution < -0.4 is 31.9 Å². The molecule has 2 fully saturated rings. The Hall–Kier alpha value is -2.13. The molecule has 17 nitrogen and oxygen atoms in total. The number of aliphatic hydroxyl groups excluding tert-OH is 4. The van der Waals surface area contributed by atoms with Crippen molar-refractivity contribution in [2.24, 2.45) is 43.3 Å². The highest BCUT2D eigenvalue weighted by atomic mass is 16.3. The molecule has 17 heteroatoms. The molecule has 2 rings (SSSR count). The maximum Gasteiger partial charge on any atom is 0.149 e. The molecule has 0 bridgehead atoms. The Morgan fingerprint density at radius 1 is 0.447 bits per heavy atom. The molecule has 6 atom stereocenters. The van der Waals surface area contributed by atoms with Crippen LogP contribution in [0.15, 0.2) is 0 Å². The topological polar surface area (TPSA) is 245 Å². The number of nitrogens with one attached hydrogen (secondary N) is 6. The Morgan fingerprint density at radius 3 is 1.10 bits per heavy atom. The largest absolute Gasteiger partial charge is 0.400 e. The zero-order valence-electron chi connectivity index (χ0n) is 68.7. The smallest absolute Gasteiger partial charge is 0.149 e. The fourth-order valence-electron chi connectivity index (χ4n) is 8.58. The van der Waals surface area contributed by atoms with Crippen molar-refractivity contribution in [3.05, 3.63) is 0 Å². The quantitative estimate of drug-likeness (QED) is 0.0362. The number of likely N-dealkylation sites (tertiary alicyclic amines) is 2. The minimum atomic E-state index is -0.399. The molecule has 0 aliphatic carbocycles. The molecule has 94 heavy (non-hydrogen) atoms. The van der Waals surface area contributed by atoms with E-state index in [1.807, 2.05) is 6.92 Å². The molecule has 2 heterocycles. The van der Waals surface area contributed by atoms with E-state index in [1.54, 1.807) is 20.8 Å². The van der Waals surface area contributed by atoms with Gasteiger partial charge in [-0.1, -0.05) is 186 Å². The van der Waals surface area contributed by atoms with Crippen molar-refractivity contribution in [1.29, 1.82) is 0 Å². The van der Waals surface area contributed by atoms with Gasteiger partial charge in [-0.15, -0.1) is 0 Å². The van der Waals surface area contributed by atoms with Crippen molar-refractivity contribution < 1.29 is 44.4 Å². The fourth-order valence-corrected chi connectivity index (χ4v) is 8.58. The second-order valence-corrected chi connectivity index (χ2v) is 36.0. The Balaban J connectivity index is -0.000000184. The SMILES string of the molecule is CC(=O)CCCNCC(C)(C)C.CC(=O)[C@@H](C)NCC(C)(C)C.CC(=O)[C@@H](CO)NCC(C)(C)C.CC(=O)[C@@H]1CCCCN1CC(C)(C)C.CC(=O)[C@H](CO)NCC(C)(C)C.CCC(CO)NCC(C)(C)C.CCCNCC(C)(C)C.CO.C[C@@H]1CCCN1CC(C)(C)C. The first-order valence-electron chi connectivity index (χ1n) is 36.0. The number of carbonyl (C=O) groups excluding carboxylic acids is 5. The van der Waals surface area contributed by atoms with Gasteiger partial charge in [0.2, 0.25) is 0 Å². The predicted octanol–water partition coefficient (Wildman–Crippen LogP) is 12.8. The van der Waals surface area contributed by atoms with Crippen molar-refractivity contribution >= 4 is 28.9 Å². The third-order valence-electron chi connectivity index (χ3n) is 14.0. The number of hydrogen-bond acceptors (Lipinski definition) is 17. The van der Waals surface area contributed by atoms with Gasteiger partial charge in [-0.25, -0.2) is 0 Å². The van der Waals surface area contributed by atoms with Crippen LogP contribution in [0.1, 0.15) is 286 Å². The molecule has 0 aromatic heterocycles. The second kappa shape index (κ2) is 55.6. The van der Waals surface area contributed by atoms with Crippen LogP contribution in [-0.2, 0) is 24.0 Å². The third kappa shape index (κ3) is 84.1. The molecule has 2 aliphatic rings. The van der Waals surface area contributed by atoms with Gasteiger partial charge in [0, 0.05) is 64.9 Å². The summed E-state index contributed by atoms with van der Waals surface area (Å²) in [5, 5.41) is 52.7. The van der Waals surface area contributed by atoms with E-state index >= 15 is 0 Å². The minimum absolute atomic E-state index is 0.00535. The van der Waals surface area contributed by atoms with Gasteiger partial charge in [0.15, 0.2) is 0 Å². The highest BCUT2D eigenvalue weighted by molar-refractivity contribution is 5.82. The first kappa shape index (κ1) is 105. The number of aliphatic hydroxyl groups is 4. The molecule has 0 radical (unpaired) electrons. The summed E-state index contributed by atoms with van der Waals surface area (Å²) in [6.07, 6.45) is 10.2. The molecule has 10 N–H and O–H groups in total. The number of ketones is 5. The molecule has 0 spiro atoms. The molecule has 0 aromatic rings. The van der Waals surface area contributed by atoms with E-state index in [0.717, 1.165) is 97.9 Å². The number of Topliss-reactive ketones (excluding diaryl/α,β-unsaturated/α-hetero) is 5. The zero-order valence-corrected chi connectivity index (χ0v) is 68.7. The van der Waals surface area contributed by atoms with E-state index in [1.165, 1.54) is 59.0 Å². The normalized spacial score (nSPS) is 16.8. The molecular formula is C77H166N8O9. The van der Waals surface area contributed by atoms with Gasteiger partial charge in [-0.05, 0) is 176 Å². The Labute approximate surface area is 583 Å². The van der Waals surface area contributed by atoms with Gasteiger partial charge in [-0.3, -0.25) is 24.1 Å². The van der Waals surface area contributed by atoms with Gasteiger partial charge in [0.05, 0.1) is 44.0 Å². The van der Waals surface area contributed by atoms with E-state index < -0.39 is 12.1 Å². The maximum absolute atomic E-state index is 11.5. The first-order valence-corrected chi connectivity index (χ1v) is 36.0. The Bertz CT molecular complexity index is 1800. The van der Waals surface area contributed by atoms with Crippen molar-refractivity contribution in [3.8, 4) is 0 Å². The lowest BCUT2D eigenvalue weighted by atomic mass is 9.91. The lowest BCUT2D eigenvalue weighted by Crippen LogP contribution is -2.47. The molecule has 568 valence electrons. The second-order valence-electron chi connectivity index (χ2n) is 36.0. The van der Waals surface area contributed by atoms with Crippen LogP contribution in [0.5, 0.6) is 0 Å². The summed E-state index contributed by atoms with van der Waals surface area (Å²) in [6, 6.07) is 0.495. The first-order chi connectivity index (χ1) is 42.4. The van der Waals surface area contributed by atoms with E-state index in [-0.39, 0.29) is 77.3 Å². The summed E-state index contributed by atoms with van der Waals surface area (Å²) >= 11 is 0. The number of carbonyl (C=O) groups is 5. The molecule has 0 amide bonds. The molecule has 1 unspecified atom stereocenters. The lowest BCUT2D eigenvalue weighted by Gasteiger charge is -2.38. The standard InChI is InChI=1S/C12H23NO.C10H21NO.C10H21N.2C9H19NO2.C9H19NO.C9H21NO.C8H19N.CH4O/c1-10(14)11-7-5-6-8-13(11)9-12(2,3)4;1-9(12)6-5-7-11-8-10(2,3)4;1-9-6-5-7-11(9)8-10(2,3)4;2*1-7(12)8(5-11)10-6-9(2,3)4;1-7(8(2)11)10-6-9(3,4)5;1-5-8(6-11)10-7-9(2,3)4;1-5-6-9-7-8(2,3)4;1-2/h11H,5-9H2,1-4H3;11H,5-8H2,1-4H3;9H,5-8H2,1-4H3;2*8,10-11H,5-6H2,1-4H3;7,10H,6H2,1-5H3;8,10-11H,5-7H2,1-4H3;9H,5-7H2,1-4H3;2H,1H3/t11-;;9-;2*8-;7-;;;/m0.1101.../s1. The van der Waals surface area contributed by atoms with Gasteiger partial charge in [-0.2, -0.15) is 0 Å². The van der Waals surface area contributed by atoms with Crippen molar-refractivity contribution in [1.82, 2.24) is 41.7 Å². The maximum atomic E-state index is 11.5. The summed E-state index contributed by atoms with van der Waals surface area (Å²) in [6.45, 7) is 81.2. The summed E-state index contributed by atoms with van der Waals surface area (Å²) in [4.78, 5) is 59.5. The van der Waals surface area contributed by atoms with Crippen LogP contribution in [0.4, 0.5) is 0 Å².